The molecule has 0 aromatic heterocycles. The average molecular weight is 300 g/mol. The summed E-state index contributed by atoms with van der Waals surface area (Å²) in [6.07, 6.45) is 0.414. The molecule has 0 bridgehead atoms. The molecule has 17 heavy (non-hydrogen) atoms. The van der Waals surface area contributed by atoms with Crippen molar-refractivity contribution in [2.45, 2.75) is 12.8 Å². The first-order valence-corrected chi connectivity index (χ1v) is 5.95. The van der Waals surface area contributed by atoms with E-state index in [0.29, 0.717) is 11.3 Å². The Balaban J connectivity index is 2.69. The number of ether oxygens (including phenoxy) is 1. The molecule has 4 nitrogen and oxygen atoms in total. The minimum atomic E-state index is -0.133. The van der Waals surface area contributed by atoms with Gasteiger partial charge in [0.25, 0.3) is 0 Å². The largest absolute Gasteiger partial charge is 0.496 e. The van der Waals surface area contributed by atoms with Crippen molar-refractivity contribution in [1.29, 1.82) is 0 Å². The first-order chi connectivity index (χ1) is 8.08. The summed E-state index contributed by atoms with van der Waals surface area (Å²) in [5.74, 6) is 0.482. The molecule has 0 radical (unpaired) electrons. The van der Waals surface area contributed by atoms with E-state index in [2.05, 4.69) is 21.2 Å². The Morgan fingerprint density at radius 2 is 2.06 bits per heavy atom. The van der Waals surface area contributed by atoms with Gasteiger partial charge in [0.05, 0.1) is 11.6 Å². The fourth-order valence-electron chi connectivity index (χ4n) is 1.34. The third kappa shape index (κ3) is 3.85. The van der Waals surface area contributed by atoms with Crippen LogP contribution in [0.5, 0.6) is 5.75 Å². The Labute approximate surface area is 108 Å². The second kappa shape index (κ2) is 6.39. The molecule has 0 saturated carbocycles. The van der Waals surface area contributed by atoms with E-state index in [0.717, 1.165) is 4.47 Å². The van der Waals surface area contributed by atoms with Crippen molar-refractivity contribution in [2.75, 3.05) is 14.2 Å². The second-order valence-electron chi connectivity index (χ2n) is 3.45. The van der Waals surface area contributed by atoms with Crippen LogP contribution in [0.25, 0.3) is 0 Å². The molecule has 5 heteroatoms. The Morgan fingerprint density at radius 3 is 2.59 bits per heavy atom. The zero-order valence-electron chi connectivity index (χ0n) is 9.75. The molecule has 0 aliphatic carbocycles. The van der Waals surface area contributed by atoms with Gasteiger partial charge < -0.3 is 10.1 Å². The van der Waals surface area contributed by atoms with Gasteiger partial charge in [-0.3, -0.25) is 9.59 Å². The molecule has 0 atom stereocenters. The van der Waals surface area contributed by atoms with Crippen LogP contribution in [0.3, 0.4) is 0 Å². The minimum Gasteiger partial charge on any atom is -0.496 e. The van der Waals surface area contributed by atoms with Crippen LogP contribution in [0.1, 0.15) is 23.2 Å². The lowest BCUT2D eigenvalue weighted by molar-refractivity contribution is -0.120. The maximum Gasteiger partial charge on any atom is 0.220 e. The highest BCUT2D eigenvalue weighted by molar-refractivity contribution is 9.10. The molecule has 0 heterocycles. The van der Waals surface area contributed by atoms with Gasteiger partial charge in [0.1, 0.15) is 5.75 Å². The van der Waals surface area contributed by atoms with E-state index in [9.17, 15) is 9.59 Å². The topological polar surface area (TPSA) is 55.4 Å². The third-order valence-corrected chi connectivity index (χ3v) is 2.95. The molecule has 0 aliphatic heterocycles. The van der Waals surface area contributed by atoms with Gasteiger partial charge in [-0.2, -0.15) is 0 Å². The number of nitrogens with one attached hydrogen (secondary N) is 1. The molecule has 0 fully saturated rings. The van der Waals surface area contributed by atoms with Crippen LogP contribution < -0.4 is 10.1 Å². The molecule has 0 aliphatic rings. The van der Waals surface area contributed by atoms with Gasteiger partial charge in [-0.1, -0.05) is 0 Å². The minimum absolute atomic E-state index is 0.0584. The van der Waals surface area contributed by atoms with Gasteiger partial charge in [-0.15, -0.1) is 0 Å². The lowest BCUT2D eigenvalue weighted by atomic mass is 10.1. The molecule has 1 N–H and O–H groups in total. The maximum atomic E-state index is 11.8. The van der Waals surface area contributed by atoms with Gasteiger partial charge in [0, 0.05) is 25.5 Å². The lowest BCUT2D eigenvalue weighted by Gasteiger charge is -2.05. The first kappa shape index (κ1) is 13.7. The molecule has 0 saturated heterocycles. The summed E-state index contributed by atoms with van der Waals surface area (Å²) in [5, 5.41) is 2.48. The van der Waals surface area contributed by atoms with E-state index >= 15 is 0 Å². The molecule has 0 spiro atoms. The summed E-state index contributed by atoms with van der Waals surface area (Å²) in [6.45, 7) is 0. The van der Waals surface area contributed by atoms with Gasteiger partial charge >= 0.3 is 0 Å². The Kier molecular flexibility index (Phi) is 5.15. The number of carbonyl (C=O) groups excluding carboxylic acids is 2. The van der Waals surface area contributed by atoms with E-state index in [1.165, 1.54) is 0 Å². The van der Waals surface area contributed by atoms with Crippen LogP contribution in [0, 0.1) is 0 Å². The van der Waals surface area contributed by atoms with Crippen LogP contribution in [-0.4, -0.2) is 25.8 Å². The number of hydrogen-bond donors (Lipinski definition) is 1. The van der Waals surface area contributed by atoms with Crippen LogP contribution in [-0.2, 0) is 4.79 Å². The molecule has 1 aromatic carbocycles. The number of ketones is 1. The summed E-state index contributed by atoms with van der Waals surface area (Å²) >= 11 is 3.31. The van der Waals surface area contributed by atoms with E-state index in [-0.39, 0.29) is 24.5 Å². The molecular weight excluding hydrogens is 286 g/mol. The van der Waals surface area contributed by atoms with Crippen molar-refractivity contribution in [1.82, 2.24) is 5.32 Å². The number of amides is 1. The molecule has 1 aromatic rings. The van der Waals surface area contributed by atoms with Crippen molar-refractivity contribution in [3.63, 3.8) is 0 Å². The van der Waals surface area contributed by atoms with Crippen LogP contribution in [0.2, 0.25) is 0 Å². The predicted molar refractivity (Wildman–Crippen MR) is 68.3 cm³/mol. The van der Waals surface area contributed by atoms with Gasteiger partial charge in [-0.25, -0.2) is 0 Å². The quantitative estimate of drug-likeness (QED) is 0.848. The molecule has 0 unspecified atom stereocenters. The number of Topliss-reactive ketones (excluding diaryl/α,β-unsaturated/α-hetero) is 1. The van der Waals surface area contributed by atoms with Gasteiger partial charge in [-0.05, 0) is 34.1 Å². The highest BCUT2D eigenvalue weighted by Gasteiger charge is 2.10. The van der Waals surface area contributed by atoms with Crippen molar-refractivity contribution in [3.8, 4) is 5.75 Å². The monoisotopic (exact) mass is 299 g/mol. The first-order valence-electron chi connectivity index (χ1n) is 5.15. The summed E-state index contributed by atoms with van der Waals surface area (Å²) in [7, 11) is 3.12. The predicted octanol–water partition coefficient (Wildman–Crippen LogP) is 2.17. The summed E-state index contributed by atoms with van der Waals surface area (Å²) in [5.41, 5.74) is 0.571. The van der Waals surface area contributed by atoms with Crippen LogP contribution in [0.15, 0.2) is 22.7 Å². The Morgan fingerprint density at radius 1 is 1.35 bits per heavy atom. The molecule has 1 rings (SSSR count). The van der Waals surface area contributed by atoms with Gasteiger partial charge in [0.2, 0.25) is 5.91 Å². The smallest absolute Gasteiger partial charge is 0.220 e. The summed E-state index contributed by atoms with van der Waals surface area (Å²) in [4.78, 5) is 22.8. The summed E-state index contributed by atoms with van der Waals surface area (Å²) < 4.78 is 5.80. The molecule has 92 valence electrons. The van der Waals surface area contributed by atoms with E-state index in [1.807, 2.05) is 0 Å². The van der Waals surface area contributed by atoms with Gasteiger partial charge in [0.15, 0.2) is 5.78 Å². The van der Waals surface area contributed by atoms with E-state index in [1.54, 1.807) is 32.4 Å². The van der Waals surface area contributed by atoms with Crippen molar-refractivity contribution < 1.29 is 14.3 Å². The lowest BCUT2D eigenvalue weighted by Crippen LogP contribution is -2.18. The highest BCUT2D eigenvalue weighted by atomic mass is 79.9. The second-order valence-corrected chi connectivity index (χ2v) is 4.30. The zero-order chi connectivity index (χ0) is 12.8. The molecule has 1 amide bonds. The average Bonchev–Trinajstić information content (AvgIpc) is 2.35. The number of hydrogen-bond acceptors (Lipinski definition) is 3. The Bertz CT molecular complexity index is 432. The van der Waals surface area contributed by atoms with Crippen molar-refractivity contribution in [3.05, 3.63) is 28.2 Å². The standard InChI is InChI=1S/C12H14BrNO3/c1-14-12(16)6-4-10(15)8-3-5-11(17-2)9(13)7-8/h3,5,7H,4,6H2,1-2H3,(H,14,16). The summed E-state index contributed by atoms with van der Waals surface area (Å²) in [6, 6.07) is 5.11. The SMILES string of the molecule is CNC(=O)CCC(=O)c1ccc(OC)c(Br)c1. The fourth-order valence-corrected chi connectivity index (χ4v) is 1.88. The van der Waals surface area contributed by atoms with E-state index < -0.39 is 0 Å². The molecular formula is C12H14BrNO3. The van der Waals surface area contributed by atoms with Crippen molar-refractivity contribution in [2.24, 2.45) is 0 Å². The van der Waals surface area contributed by atoms with E-state index in [4.69, 9.17) is 4.74 Å². The number of benzene rings is 1. The maximum absolute atomic E-state index is 11.8. The van der Waals surface area contributed by atoms with Crippen molar-refractivity contribution >= 4 is 27.6 Å². The number of rotatable bonds is 5. The van der Waals surface area contributed by atoms with Crippen LogP contribution >= 0.6 is 15.9 Å². The normalized spacial score (nSPS) is 9.82. The Hall–Kier alpha value is -1.36. The number of carbonyl (C=O) groups is 2. The number of halogens is 1. The highest BCUT2D eigenvalue weighted by Crippen LogP contribution is 2.26. The zero-order valence-corrected chi connectivity index (χ0v) is 11.3. The third-order valence-electron chi connectivity index (χ3n) is 2.33. The number of methoxy groups -OCH3 is 1. The fraction of sp³-hybridized carbons (Fsp3) is 0.333. The van der Waals surface area contributed by atoms with Crippen LogP contribution in [0.4, 0.5) is 0 Å².